The van der Waals surface area contributed by atoms with Gasteiger partial charge >= 0.3 is 0 Å². The zero-order chi connectivity index (χ0) is 11.0. The Morgan fingerprint density at radius 2 is 1.64 bits per heavy atom. The lowest BCUT2D eigenvalue weighted by Gasteiger charge is -2.49. The standard InChI is InChI=1S/C12H25NO/c1-11(2,3)10-13(12(4,5)6)8-7-9-14-10/h10H,7-9H2,1-6H3/t10-/m0/s1. The second kappa shape index (κ2) is 3.82. The minimum atomic E-state index is 0.202. The van der Waals surface area contributed by atoms with E-state index in [4.69, 9.17) is 4.74 Å². The normalized spacial score (nSPS) is 26.6. The smallest absolute Gasteiger partial charge is 0.115 e. The zero-order valence-electron chi connectivity index (χ0n) is 10.6. The van der Waals surface area contributed by atoms with Crippen LogP contribution in [0.15, 0.2) is 0 Å². The Balaban J connectivity index is 2.80. The van der Waals surface area contributed by atoms with Crippen LogP contribution in [-0.4, -0.2) is 29.8 Å². The first-order valence-electron chi connectivity index (χ1n) is 5.61. The van der Waals surface area contributed by atoms with Crippen molar-refractivity contribution in [2.24, 2.45) is 5.41 Å². The maximum Gasteiger partial charge on any atom is 0.115 e. The van der Waals surface area contributed by atoms with Crippen LogP contribution in [0.2, 0.25) is 0 Å². The molecule has 0 saturated carbocycles. The van der Waals surface area contributed by atoms with E-state index in [-0.39, 0.29) is 17.2 Å². The van der Waals surface area contributed by atoms with Crippen molar-refractivity contribution in [3.05, 3.63) is 0 Å². The molecule has 2 heteroatoms. The minimum Gasteiger partial charge on any atom is -0.363 e. The molecule has 14 heavy (non-hydrogen) atoms. The first-order valence-corrected chi connectivity index (χ1v) is 5.61. The van der Waals surface area contributed by atoms with E-state index in [0.717, 1.165) is 19.6 Å². The van der Waals surface area contributed by atoms with E-state index in [1.54, 1.807) is 0 Å². The lowest BCUT2D eigenvalue weighted by atomic mass is 9.89. The molecule has 0 aromatic carbocycles. The van der Waals surface area contributed by atoms with Crippen molar-refractivity contribution in [3.8, 4) is 0 Å². The van der Waals surface area contributed by atoms with Crippen LogP contribution in [0.3, 0.4) is 0 Å². The van der Waals surface area contributed by atoms with Gasteiger partial charge in [0.2, 0.25) is 0 Å². The number of hydrogen-bond acceptors (Lipinski definition) is 2. The van der Waals surface area contributed by atoms with E-state index in [1.807, 2.05) is 0 Å². The van der Waals surface area contributed by atoms with E-state index in [2.05, 4.69) is 46.4 Å². The highest BCUT2D eigenvalue weighted by Crippen LogP contribution is 2.32. The Morgan fingerprint density at radius 3 is 2.00 bits per heavy atom. The monoisotopic (exact) mass is 199 g/mol. The molecule has 0 spiro atoms. The maximum atomic E-state index is 5.91. The van der Waals surface area contributed by atoms with Gasteiger partial charge in [0, 0.05) is 24.1 Å². The minimum absolute atomic E-state index is 0.202. The second-order valence-electron chi connectivity index (χ2n) is 6.31. The maximum absolute atomic E-state index is 5.91. The molecule has 0 amide bonds. The van der Waals surface area contributed by atoms with Gasteiger partial charge in [0.05, 0.1) is 0 Å². The highest BCUT2D eigenvalue weighted by Gasteiger charge is 2.38. The van der Waals surface area contributed by atoms with Crippen LogP contribution in [0.1, 0.15) is 48.0 Å². The van der Waals surface area contributed by atoms with Gasteiger partial charge in [-0.05, 0) is 27.2 Å². The van der Waals surface area contributed by atoms with E-state index in [0.29, 0.717) is 0 Å². The predicted octanol–water partition coefficient (Wildman–Crippen LogP) is 2.88. The van der Waals surface area contributed by atoms with Crippen molar-refractivity contribution < 1.29 is 4.74 Å². The van der Waals surface area contributed by atoms with Crippen LogP contribution >= 0.6 is 0 Å². The van der Waals surface area contributed by atoms with Crippen LogP contribution < -0.4 is 0 Å². The number of rotatable bonds is 0. The third kappa shape index (κ3) is 2.71. The van der Waals surface area contributed by atoms with Crippen LogP contribution in [0.25, 0.3) is 0 Å². The summed E-state index contributed by atoms with van der Waals surface area (Å²) in [6.07, 6.45) is 1.42. The van der Waals surface area contributed by atoms with E-state index >= 15 is 0 Å². The molecule has 1 aliphatic rings. The Morgan fingerprint density at radius 1 is 1.07 bits per heavy atom. The van der Waals surface area contributed by atoms with E-state index in [1.165, 1.54) is 0 Å². The van der Waals surface area contributed by atoms with Crippen molar-refractivity contribution >= 4 is 0 Å². The summed E-state index contributed by atoms with van der Waals surface area (Å²) in [6, 6.07) is 0. The van der Waals surface area contributed by atoms with E-state index < -0.39 is 0 Å². The van der Waals surface area contributed by atoms with Gasteiger partial charge in [0.15, 0.2) is 0 Å². The molecule has 1 rings (SSSR count). The van der Waals surface area contributed by atoms with Gasteiger partial charge in [-0.2, -0.15) is 0 Å². The summed E-state index contributed by atoms with van der Waals surface area (Å²) in [7, 11) is 0. The second-order valence-corrected chi connectivity index (χ2v) is 6.31. The molecule has 0 aromatic rings. The molecule has 2 nitrogen and oxygen atoms in total. The molecule has 1 aliphatic heterocycles. The Kier molecular flexibility index (Phi) is 3.27. The zero-order valence-corrected chi connectivity index (χ0v) is 10.6. The molecule has 84 valence electrons. The van der Waals surface area contributed by atoms with Crippen molar-refractivity contribution in [3.63, 3.8) is 0 Å². The Bertz CT molecular complexity index is 165. The van der Waals surface area contributed by atoms with Crippen molar-refractivity contribution in [2.45, 2.75) is 59.7 Å². The topological polar surface area (TPSA) is 12.5 Å². The van der Waals surface area contributed by atoms with Crippen LogP contribution in [0, 0.1) is 5.41 Å². The largest absolute Gasteiger partial charge is 0.363 e. The van der Waals surface area contributed by atoms with Crippen LogP contribution in [0.5, 0.6) is 0 Å². The summed E-state index contributed by atoms with van der Waals surface area (Å²) in [4.78, 5) is 2.48. The van der Waals surface area contributed by atoms with Gasteiger partial charge in [0.1, 0.15) is 6.23 Å². The molecule has 0 aromatic heterocycles. The summed E-state index contributed by atoms with van der Waals surface area (Å²) in [6.45, 7) is 15.6. The molecule has 0 N–H and O–H groups in total. The fraction of sp³-hybridized carbons (Fsp3) is 1.00. The van der Waals surface area contributed by atoms with Crippen LogP contribution in [-0.2, 0) is 4.74 Å². The van der Waals surface area contributed by atoms with Crippen molar-refractivity contribution in [1.82, 2.24) is 4.90 Å². The quantitative estimate of drug-likeness (QED) is 0.595. The molecular weight excluding hydrogens is 174 g/mol. The average Bonchev–Trinajstić information content (AvgIpc) is 2.01. The summed E-state index contributed by atoms with van der Waals surface area (Å²) in [5, 5.41) is 0. The Labute approximate surface area is 88.6 Å². The Hall–Kier alpha value is -0.0800. The van der Waals surface area contributed by atoms with Gasteiger partial charge in [-0.3, -0.25) is 4.90 Å². The summed E-state index contributed by atoms with van der Waals surface area (Å²) in [5.41, 5.74) is 0.409. The molecule has 0 aliphatic carbocycles. The average molecular weight is 199 g/mol. The van der Waals surface area contributed by atoms with Gasteiger partial charge in [-0.15, -0.1) is 0 Å². The highest BCUT2D eigenvalue weighted by molar-refractivity contribution is 4.86. The number of ether oxygens (including phenoxy) is 1. The third-order valence-corrected chi connectivity index (χ3v) is 2.70. The summed E-state index contributed by atoms with van der Waals surface area (Å²) < 4.78 is 5.91. The number of hydrogen-bond donors (Lipinski definition) is 0. The molecule has 1 saturated heterocycles. The van der Waals surface area contributed by atoms with Crippen LogP contribution in [0.4, 0.5) is 0 Å². The molecule has 1 heterocycles. The lowest BCUT2D eigenvalue weighted by Crippen LogP contribution is -2.57. The summed E-state index contributed by atoms with van der Waals surface area (Å²) in [5.74, 6) is 0. The summed E-state index contributed by atoms with van der Waals surface area (Å²) >= 11 is 0. The lowest BCUT2D eigenvalue weighted by molar-refractivity contribution is -0.177. The van der Waals surface area contributed by atoms with Crippen molar-refractivity contribution in [2.75, 3.05) is 13.2 Å². The number of nitrogens with zero attached hydrogens (tertiary/aromatic N) is 1. The van der Waals surface area contributed by atoms with Gasteiger partial charge in [-0.1, -0.05) is 20.8 Å². The van der Waals surface area contributed by atoms with Gasteiger partial charge in [-0.25, -0.2) is 0 Å². The molecule has 0 bridgehead atoms. The SMILES string of the molecule is CC(C)(C)[C@@H]1OCCCN1C(C)(C)C. The first-order chi connectivity index (χ1) is 6.23. The molecule has 1 fully saturated rings. The van der Waals surface area contributed by atoms with Gasteiger partial charge in [0.25, 0.3) is 0 Å². The van der Waals surface area contributed by atoms with E-state index in [9.17, 15) is 0 Å². The fourth-order valence-corrected chi connectivity index (χ4v) is 2.04. The van der Waals surface area contributed by atoms with Gasteiger partial charge < -0.3 is 4.74 Å². The molecule has 0 radical (unpaired) electrons. The highest BCUT2D eigenvalue weighted by atomic mass is 16.5. The third-order valence-electron chi connectivity index (χ3n) is 2.70. The molecular formula is C12H25NO. The predicted molar refractivity (Wildman–Crippen MR) is 60.3 cm³/mol. The molecule has 1 atom stereocenters. The molecule has 0 unspecified atom stereocenters. The first kappa shape index (κ1) is 12.0. The van der Waals surface area contributed by atoms with Crippen molar-refractivity contribution in [1.29, 1.82) is 0 Å². The fourth-order valence-electron chi connectivity index (χ4n) is 2.04.